The number of fused-ring (bicyclic) bond motifs is 1. The third kappa shape index (κ3) is 4.39. The summed E-state index contributed by atoms with van der Waals surface area (Å²) in [7, 11) is 1.57. The first-order valence-corrected chi connectivity index (χ1v) is 11.7. The molecule has 7 nitrogen and oxygen atoms in total. The molecule has 0 spiro atoms. The topological polar surface area (TPSA) is 78.6 Å². The van der Waals surface area contributed by atoms with Gasteiger partial charge in [-0.15, -0.1) is 0 Å². The van der Waals surface area contributed by atoms with Crippen LogP contribution in [0.1, 0.15) is 47.4 Å². The number of aromatic nitrogens is 4. The summed E-state index contributed by atoms with van der Waals surface area (Å²) >= 11 is 5.99. The van der Waals surface area contributed by atoms with E-state index in [0.717, 1.165) is 5.56 Å². The fraction of sp³-hybridized carbons (Fsp3) is 0.308. The molecule has 5 rings (SSSR count). The van der Waals surface area contributed by atoms with Crippen LogP contribution in [0.25, 0.3) is 16.8 Å². The Morgan fingerprint density at radius 2 is 2.00 bits per heavy atom. The third-order valence-corrected chi connectivity index (χ3v) is 6.78. The summed E-state index contributed by atoms with van der Waals surface area (Å²) in [5.74, 6) is 0.0127. The van der Waals surface area contributed by atoms with Crippen LogP contribution in [0.5, 0.6) is 5.88 Å². The Morgan fingerprint density at radius 1 is 1.17 bits per heavy atom. The summed E-state index contributed by atoms with van der Waals surface area (Å²) in [6.07, 6.45) is 2.86. The molecule has 4 heterocycles. The van der Waals surface area contributed by atoms with Crippen LogP contribution in [0.2, 0.25) is 5.02 Å². The third-order valence-electron chi connectivity index (χ3n) is 6.54. The van der Waals surface area contributed by atoms with Crippen molar-refractivity contribution in [2.75, 3.05) is 13.7 Å². The number of methoxy groups -OCH3 is 1. The van der Waals surface area contributed by atoms with Crippen molar-refractivity contribution < 1.29 is 13.9 Å². The lowest BCUT2D eigenvalue weighted by molar-refractivity contribution is 0.00432. The van der Waals surface area contributed by atoms with Crippen LogP contribution in [0.3, 0.4) is 0 Å². The largest absolute Gasteiger partial charge is 0.481 e. The molecule has 0 N–H and O–H groups in total. The van der Waals surface area contributed by atoms with Crippen LogP contribution >= 0.6 is 11.6 Å². The van der Waals surface area contributed by atoms with Crippen molar-refractivity contribution >= 4 is 17.2 Å². The van der Waals surface area contributed by atoms with Gasteiger partial charge >= 0.3 is 0 Å². The number of pyridine rings is 1. The van der Waals surface area contributed by atoms with Crippen molar-refractivity contribution in [3.05, 3.63) is 86.3 Å². The van der Waals surface area contributed by atoms with E-state index in [4.69, 9.17) is 26.2 Å². The summed E-state index contributed by atoms with van der Waals surface area (Å²) in [5.41, 5.74) is 3.57. The molecule has 1 saturated heterocycles. The number of benzene rings is 1. The molecule has 2 atom stereocenters. The van der Waals surface area contributed by atoms with Crippen molar-refractivity contribution in [3.8, 4) is 17.0 Å². The van der Waals surface area contributed by atoms with Gasteiger partial charge in [-0.2, -0.15) is 9.61 Å². The van der Waals surface area contributed by atoms with Gasteiger partial charge in [-0.05, 0) is 62.6 Å². The van der Waals surface area contributed by atoms with Gasteiger partial charge in [-0.25, -0.2) is 14.4 Å². The normalized spacial score (nSPS) is 18.1. The lowest BCUT2D eigenvalue weighted by atomic mass is 9.88. The zero-order valence-electron chi connectivity index (χ0n) is 19.6. The van der Waals surface area contributed by atoms with Crippen molar-refractivity contribution in [1.82, 2.24) is 19.6 Å². The van der Waals surface area contributed by atoms with Crippen LogP contribution in [0.15, 0.2) is 47.4 Å². The molecule has 1 aliphatic heterocycles. The van der Waals surface area contributed by atoms with Crippen LogP contribution < -0.4 is 10.3 Å². The molecule has 1 fully saturated rings. The van der Waals surface area contributed by atoms with Crippen molar-refractivity contribution in [2.24, 2.45) is 0 Å². The van der Waals surface area contributed by atoms with Gasteiger partial charge in [-0.3, -0.25) is 4.79 Å². The van der Waals surface area contributed by atoms with E-state index in [1.807, 2.05) is 18.2 Å². The lowest BCUT2D eigenvalue weighted by Gasteiger charge is -2.30. The molecule has 1 aromatic carbocycles. The maximum atomic E-state index is 15.0. The average Bonchev–Trinajstić information content (AvgIpc) is 2.87. The minimum absolute atomic E-state index is 0.0140. The smallest absolute Gasteiger partial charge is 0.277 e. The highest BCUT2D eigenvalue weighted by atomic mass is 35.5. The van der Waals surface area contributed by atoms with E-state index in [-0.39, 0.29) is 17.6 Å². The molecule has 180 valence electrons. The van der Waals surface area contributed by atoms with Gasteiger partial charge in [0.1, 0.15) is 5.82 Å². The number of aryl methyl sites for hydroxylation is 1. The average molecular weight is 495 g/mol. The molecule has 0 saturated carbocycles. The van der Waals surface area contributed by atoms with Gasteiger partial charge in [0.2, 0.25) is 5.88 Å². The van der Waals surface area contributed by atoms with Gasteiger partial charge in [0.05, 0.1) is 18.9 Å². The van der Waals surface area contributed by atoms with E-state index >= 15 is 4.39 Å². The van der Waals surface area contributed by atoms with Crippen molar-refractivity contribution in [3.63, 3.8) is 0 Å². The zero-order valence-corrected chi connectivity index (χ0v) is 20.3. The van der Waals surface area contributed by atoms with Gasteiger partial charge in [0.15, 0.2) is 5.65 Å². The Balaban J connectivity index is 1.64. The Bertz CT molecular complexity index is 1490. The Kier molecular flexibility index (Phi) is 6.25. The summed E-state index contributed by atoms with van der Waals surface area (Å²) in [6.45, 7) is 4.00. The maximum Gasteiger partial charge on any atom is 0.277 e. The van der Waals surface area contributed by atoms with Crippen molar-refractivity contribution in [2.45, 2.75) is 38.7 Å². The number of hydrogen-bond donors (Lipinski definition) is 0. The molecular formula is C26H24ClFN4O3. The molecule has 3 aromatic heterocycles. The molecule has 0 aliphatic carbocycles. The first-order chi connectivity index (χ1) is 16.9. The minimum Gasteiger partial charge on any atom is -0.481 e. The molecule has 0 radical (unpaired) electrons. The fourth-order valence-corrected chi connectivity index (χ4v) is 4.62. The molecule has 9 heteroatoms. The second kappa shape index (κ2) is 9.36. The number of ether oxygens (including phenoxy) is 2. The highest BCUT2D eigenvalue weighted by molar-refractivity contribution is 6.30. The van der Waals surface area contributed by atoms with E-state index in [2.05, 4.69) is 9.97 Å². The van der Waals surface area contributed by atoms with Crippen LogP contribution in [0, 0.1) is 19.7 Å². The number of hydrogen-bond acceptors (Lipinski definition) is 6. The molecular weight excluding hydrogens is 471 g/mol. The van der Waals surface area contributed by atoms with Crippen LogP contribution in [0.4, 0.5) is 4.39 Å². The zero-order chi connectivity index (χ0) is 24.7. The van der Waals surface area contributed by atoms with Crippen molar-refractivity contribution in [1.29, 1.82) is 0 Å². The van der Waals surface area contributed by atoms with E-state index in [1.54, 1.807) is 39.3 Å². The quantitative estimate of drug-likeness (QED) is 0.388. The number of halogens is 2. The maximum absolute atomic E-state index is 15.0. The first-order valence-electron chi connectivity index (χ1n) is 11.3. The van der Waals surface area contributed by atoms with E-state index in [9.17, 15) is 4.79 Å². The Hall–Kier alpha value is -3.36. The molecule has 0 bridgehead atoms. The lowest BCUT2D eigenvalue weighted by Crippen LogP contribution is -2.25. The summed E-state index contributed by atoms with van der Waals surface area (Å²) in [5, 5.41) is 4.99. The predicted octanol–water partition coefficient (Wildman–Crippen LogP) is 5.20. The molecule has 1 aliphatic rings. The predicted molar refractivity (Wildman–Crippen MR) is 131 cm³/mol. The molecule has 0 unspecified atom stereocenters. The van der Waals surface area contributed by atoms with Crippen LogP contribution in [-0.4, -0.2) is 33.3 Å². The second-order valence-electron chi connectivity index (χ2n) is 8.68. The highest BCUT2D eigenvalue weighted by Gasteiger charge is 2.28. The van der Waals surface area contributed by atoms with E-state index < -0.39 is 5.82 Å². The monoisotopic (exact) mass is 494 g/mol. The second-order valence-corrected chi connectivity index (χ2v) is 9.12. The summed E-state index contributed by atoms with van der Waals surface area (Å²) in [6, 6.07) is 10.1. The van der Waals surface area contributed by atoms with E-state index in [1.165, 1.54) is 10.6 Å². The molecule has 0 amide bonds. The Labute approximate surface area is 206 Å². The van der Waals surface area contributed by atoms with E-state index in [0.29, 0.717) is 64.1 Å². The van der Waals surface area contributed by atoms with Crippen LogP contribution in [-0.2, 0) is 4.74 Å². The summed E-state index contributed by atoms with van der Waals surface area (Å²) < 4.78 is 27.6. The Morgan fingerprint density at radius 3 is 2.77 bits per heavy atom. The van der Waals surface area contributed by atoms with Gasteiger partial charge in [-0.1, -0.05) is 11.6 Å². The highest BCUT2D eigenvalue weighted by Crippen LogP contribution is 2.39. The van der Waals surface area contributed by atoms with Gasteiger partial charge < -0.3 is 9.47 Å². The minimum atomic E-state index is -0.488. The SMILES string of the molecule is COc1cc([C@@H]2C[C@H](c3cc(-c4ccc(Cl)cc4F)c4nc(C)c(C)c(=O)n4n3)CCO2)ccn1. The molecule has 35 heavy (non-hydrogen) atoms. The standard InChI is InChI=1S/C26H24ClFN4O3/c1-14-15(2)30-25-20(19-5-4-18(27)12-21(19)28)13-22(31-32(25)26(14)33)16-7-9-35-23(10-16)17-6-8-29-24(11-17)34-3/h4-6,8,11-13,16,23H,7,9-10H2,1-3H3/t16-,23+/m1/s1. The number of nitrogens with zero attached hydrogens (tertiary/aromatic N) is 4. The fourth-order valence-electron chi connectivity index (χ4n) is 4.46. The first kappa shape index (κ1) is 23.4. The van der Waals surface area contributed by atoms with Gasteiger partial charge in [0, 0.05) is 52.2 Å². The molecule has 4 aromatic rings. The summed E-state index contributed by atoms with van der Waals surface area (Å²) in [4.78, 5) is 21.9. The van der Waals surface area contributed by atoms with Gasteiger partial charge in [0.25, 0.3) is 5.56 Å². The number of rotatable bonds is 4.